The molecule has 2 aliphatic heterocycles. The van der Waals surface area contributed by atoms with Crippen molar-refractivity contribution in [2.24, 2.45) is 0 Å². The molecule has 0 aromatic rings. The SMILES string of the molecule is C[Si](C)(C)C1=P[C]([Si](C)(C)C)([Zr]([Cl])([Cl])[C]2([Si](C)(C)C)C=CC([Si](C)(C)C)=P2)C=C1. The fraction of sp³-hybridized carbons (Fsp3) is 0.700. The fourth-order valence-electron chi connectivity index (χ4n) is 4.18. The molecule has 0 aromatic carbocycles. The standard InChI is InChI=1S/2C10H20PSi2.2ClH.Zr/c2*1-12(2,3)9-7-8-10(11-9)13(4,5)6;;;/h2*7-8H,1-6H3;2*1H;/q;;;;+2/p-2. The minimum absolute atomic E-state index is 0.0485. The van der Waals surface area contributed by atoms with E-state index in [9.17, 15) is 0 Å². The summed E-state index contributed by atoms with van der Waals surface area (Å²) in [5.41, 5.74) is 0. The van der Waals surface area contributed by atoms with E-state index in [1.165, 1.54) is 16.4 Å². The first-order valence-electron chi connectivity index (χ1n) is 10.6. The van der Waals surface area contributed by atoms with E-state index in [4.69, 9.17) is 17.0 Å². The molecule has 0 saturated carbocycles. The minimum atomic E-state index is -3.78. The Hall–Kier alpha value is 2.15. The summed E-state index contributed by atoms with van der Waals surface area (Å²) in [6.45, 7) is 29.9. The van der Waals surface area contributed by atoms with E-state index in [1.54, 1.807) is 9.83 Å². The topological polar surface area (TPSA) is 0 Å². The van der Waals surface area contributed by atoms with Gasteiger partial charge < -0.3 is 0 Å². The second-order valence-electron chi connectivity index (χ2n) is 12.8. The molecule has 0 nitrogen and oxygen atoms in total. The monoisotopic (exact) mass is 614 g/mol. The van der Waals surface area contributed by atoms with Gasteiger partial charge in [0.25, 0.3) is 0 Å². The molecule has 2 rings (SSSR count). The van der Waals surface area contributed by atoms with Gasteiger partial charge in [-0.15, -0.1) is 0 Å². The van der Waals surface area contributed by atoms with Crippen molar-refractivity contribution in [2.75, 3.05) is 0 Å². The van der Waals surface area contributed by atoms with Crippen LogP contribution >= 0.6 is 33.4 Å². The summed E-state index contributed by atoms with van der Waals surface area (Å²) in [5, 5.41) is 0. The number of halogens is 2. The molecule has 0 N–H and O–H groups in total. The molecular weight excluding hydrogens is 577 g/mol. The average molecular weight is 617 g/mol. The number of hydrogen-bond acceptors (Lipinski definition) is 0. The number of rotatable bonds is 6. The van der Waals surface area contributed by atoms with Gasteiger partial charge in [0.1, 0.15) is 0 Å². The molecule has 0 saturated heterocycles. The summed E-state index contributed by atoms with van der Waals surface area (Å²) in [5.74, 6) is 0. The van der Waals surface area contributed by atoms with Crippen LogP contribution in [0.1, 0.15) is 0 Å². The third-order valence-corrected chi connectivity index (χ3v) is 66.4. The van der Waals surface area contributed by atoms with Gasteiger partial charge in [0, 0.05) is 0 Å². The Bertz CT molecular complexity index is 742. The molecule has 0 aromatic heterocycles. The predicted molar refractivity (Wildman–Crippen MR) is 153 cm³/mol. The van der Waals surface area contributed by atoms with E-state index < -0.39 is 50.2 Å². The molecule has 0 amide bonds. The van der Waals surface area contributed by atoms with Crippen LogP contribution in [-0.2, 0) is 17.9 Å². The zero-order valence-corrected chi connectivity index (χ0v) is 30.2. The summed E-state index contributed by atoms with van der Waals surface area (Å²) < 4.78 is 0.0971. The molecule has 0 radical (unpaired) electrons. The van der Waals surface area contributed by atoms with Crippen LogP contribution in [0, 0.1) is 0 Å². The Morgan fingerprint density at radius 2 is 0.897 bits per heavy atom. The number of allylic oxidation sites excluding steroid dienone is 4. The van der Waals surface area contributed by atoms with Crippen LogP contribution in [0.3, 0.4) is 0 Å². The first-order valence-corrected chi connectivity index (χ1v) is 35.2. The van der Waals surface area contributed by atoms with Crippen molar-refractivity contribution < 1.29 is 17.9 Å². The third-order valence-electron chi connectivity index (χ3n) is 6.34. The molecule has 164 valence electrons. The van der Waals surface area contributed by atoms with E-state index >= 15 is 0 Å². The van der Waals surface area contributed by atoms with Crippen LogP contribution in [0.25, 0.3) is 0 Å². The summed E-state index contributed by atoms with van der Waals surface area (Å²) in [4.78, 5) is 3.31. The van der Waals surface area contributed by atoms with Crippen LogP contribution in [0.2, 0.25) is 78.6 Å². The molecular formula is C20H40Cl2P2Si4Zr. The first kappa shape index (κ1) is 27.4. The molecule has 0 bridgehead atoms. The molecule has 0 fully saturated rings. The van der Waals surface area contributed by atoms with E-state index in [-0.39, 0.29) is 4.97 Å². The van der Waals surface area contributed by atoms with Gasteiger partial charge >= 0.3 is 201 Å². The van der Waals surface area contributed by atoms with Gasteiger partial charge in [0.15, 0.2) is 0 Å². The van der Waals surface area contributed by atoms with Crippen LogP contribution in [-0.4, -0.2) is 47.1 Å². The summed E-state index contributed by atoms with van der Waals surface area (Å²) in [7, 11) is 12.9. The van der Waals surface area contributed by atoms with Crippen molar-refractivity contribution in [3.8, 4) is 0 Å². The van der Waals surface area contributed by atoms with Crippen LogP contribution < -0.4 is 0 Å². The molecule has 2 aliphatic rings. The molecule has 9 heteroatoms. The summed E-state index contributed by atoms with van der Waals surface area (Å²) >= 11 is -3.78. The van der Waals surface area contributed by atoms with Crippen molar-refractivity contribution in [1.82, 2.24) is 0 Å². The molecule has 29 heavy (non-hydrogen) atoms. The van der Waals surface area contributed by atoms with Gasteiger partial charge in [-0.25, -0.2) is 0 Å². The zero-order valence-electron chi connectivity index (χ0n) is 20.5. The summed E-state index contributed by atoms with van der Waals surface area (Å²) in [6, 6.07) is 0. The van der Waals surface area contributed by atoms with Gasteiger partial charge in [-0.2, -0.15) is 0 Å². The van der Waals surface area contributed by atoms with Crippen molar-refractivity contribution >= 4 is 75.6 Å². The maximum absolute atomic E-state index is 8.00. The van der Waals surface area contributed by atoms with Crippen molar-refractivity contribution in [3.63, 3.8) is 0 Å². The number of hydrogen-bond donors (Lipinski definition) is 0. The van der Waals surface area contributed by atoms with Crippen molar-refractivity contribution in [2.45, 2.75) is 83.5 Å². The van der Waals surface area contributed by atoms with Crippen LogP contribution in [0.4, 0.5) is 0 Å². The maximum atomic E-state index is 8.00. The van der Waals surface area contributed by atoms with Gasteiger partial charge in [0.2, 0.25) is 0 Å². The Morgan fingerprint density at radius 3 is 1.07 bits per heavy atom. The van der Waals surface area contributed by atoms with Gasteiger partial charge in [0.05, 0.1) is 0 Å². The Labute approximate surface area is 199 Å². The first-order chi connectivity index (χ1) is 12.6. The Morgan fingerprint density at radius 1 is 0.621 bits per heavy atom. The summed E-state index contributed by atoms with van der Waals surface area (Å²) in [6.07, 6.45) is 10.1. The fourth-order valence-corrected chi connectivity index (χ4v) is 71.7. The van der Waals surface area contributed by atoms with E-state index in [0.717, 1.165) is 0 Å². The average Bonchev–Trinajstić information content (AvgIpc) is 3.11. The van der Waals surface area contributed by atoms with Gasteiger partial charge in [-0.3, -0.25) is 0 Å². The van der Waals surface area contributed by atoms with Gasteiger partial charge in [-0.1, -0.05) is 0 Å². The van der Waals surface area contributed by atoms with Crippen LogP contribution in [0.15, 0.2) is 24.3 Å². The van der Waals surface area contributed by atoms with Crippen LogP contribution in [0.5, 0.6) is 0 Å². The van der Waals surface area contributed by atoms with Crippen molar-refractivity contribution in [1.29, 1.82) is 0 Å². The molecule has 0 aliphatic carbocycles. The molecule has 2 unspecified atom stereocenters. The quantitative estimate of drug-likeness (QED) is 0.207. The molecule has 2 heterocycles. The zero-order chi connectivity index (χ0) is 22.9. The molecule has 0 spiro atoms. The van der Waals surface area contributed by atoms with Crippen molar-refractivity contribution in [3.05, 3.63) is 24.3 Å². The van der Waals surface area contributed by atoms with E-state index in [0.29, 0.717) is 0 Å². The predicted octanol–water partition coefficient (Wildman–Crippen LogP) is 8.73. The second kappa shape index (κ2) is 8.13. The Kier molecular flexibility index (Phi) is 7.68. The Balaban J connectivity index is 2.85. The van der Waals surface area contributed by atoms with Gasteiger partial charge in [-0.05, 0) is 0 Å². The second-order valence-corrected chi connectivity index (χ2v) is 57.0. The normalized spacial score (nSPS) is 29.9. The van der Waals surface area contributed by atoms with E-state index in [2.05, 4.69) is 103 Å². The third kappa shape index (κ3) is 4.59. The van der Waals surface area contributed by atoms with E-state index in [1.807, 2.05) is 0 Å². The molecule has 2 atom stereocenters.